The Morgan fingerprint density at radius 2 is 2.42 bits per heavy atom. The Bertz CT molecular complexity index is 163. The maximum Gasteiger partial charge on any atom is 0.317 e. The zero-order valence-corrected chi connectivity index (χ0v) is 7.00. The predicted molar refractivity (Wildman–Crippen MR) is 42.8 cm³/mol. The van der Waals surface area contributed by atoms with Crippen molar-refractivity contribution in [2.45, 2.75) is 12.8 Å². The third-order valence-electron chi connectivity index (χ3n) is 2.18. The molecule has 0 aliphatic carbocycles. The average Bonchev–Trinajstić information content (AvgIpc) is 2.03. The molecule has 12 heavy (non-hydrogen) atoms. The van der Waals surface area contributed by atoms with Crippen molar-refractivity contribution in [2.75, 3.05) is 26.3 Å². The van der Waals surface area contributed by atoms with Gasteiger partial charge in [0.1, 0.15) is 0 Å². The van der Waals surface area contributed by atoms with Crippen molar-refractivity contribution < 1.29 is 14.3 Å². The summed E-state index contributed by atoms with van der Waals surface area (Å²) in [6.45, 7) is 1.12. The second kappa shape index (κ2) is 4.40. The number of alkyl halides is 1. The van der Waals surface area contributed by atoms with Gasteiger partial charge < -0.3 is 5.11 Å². The summed E-state index contributed by atoms with van der Waals surface area (Å²) in [6.07, 6.45) is 1.81. The van der Waals surface area contributed by atoms with Crippen LogP contribution in [-0.2, 0) is 4.79 Å². The van der Waals surface area contributed by atoms with Crippen LogP contribution in [-0.4, -0.2) is 42.3 Å². The molecule has 0 aromatic heterocycles. The molecule has 0 saturated carbocycles. The number of carboxylic acids is 1. The van der Waals surface area contributed by atoms with Crippen LogP contribution in [0.5, 0.6) is 0 Å². The zero-order valence-electron chi connectivity index (χ0n) is 7.00. The largest absolute Gasteiger partial charge is 0.480 e. The van der Waals surface area contributed by atoms with Gasteiger partial charge in [0.2, 0.25) is 0 Å². The van der Waals surface area contributed by atoms with Gasteiger partial charge in [-0.15, -0.1) is 0 Å². The lowest BCUT2D eigenvalue weighted by Gasteiger charge is -2.29. The monoisotopic (exact) mass is 175 g/mol. The summed E-state index contributed by atoms with van der Waals surface area (Å²) in [5.74, 6) is -0.771. The molecule has 0 radical (unpaired) electrons. The van der Waals surface area contributed by atoms with E-state index in [1.54, 1.807) is 4.90 Å². The first-order valence-electron chi connectivity index (χ1n) is 4.22. The lowest BCUT2D eigenvalue weighted by Crippen LogP contribution is -2.39. The summed E-state index contributed by atoms with van der Waals surface area (Å²) >= 11 is 0. The van der Waals surface area contributed by atoms with Crippen LogP contribution >= 0.6 is 0 Å². The SMILES string of the molecule is O=C(O)CN1CCCC(CF)C1. The van der Waals surface area contributed by atoms with Crippen LogP contribution in [0.25, 0.3) is 0 Å². The molecule has 1 N–H and O–H groups in total. The maximum absolute atomic E-state index is 12.2. The summed E-state index contributed by atoms with van der Waals surface area (Å²) in [5.41, 5.74) is 0. The van der Waals surface area contributed by atoms with Gasteiger partial charge in [0.15, 0.2) is 0 Å². The van der Waals surface area contributed by atoms with E-state index in [2.05, 4.69) is 0 Å². The lowest BCUT2D eigenvalue weighted by molar-refractivity contribution is -0.138. The molecule has 4 heteroatoms. The number of aliphatic carboxylic acids is 1. The molecule has 0 aromatic rings. The first-order valence-corrected chi connectivity index (χ1v) is 4.22. The predicted octanol–water partition coefficient (Wildman–Crippen LogP) is 0.752. The number of piperidine rings is 1. The highest BCUT2D eigenvalue weighted by Gasteiger charge is 2.20. The third-order valence-corrected chi connectivity index (χ3v) is 2.18. The van der Waals surface area contributed by atoms with Crippen LogP contribution in [0.15, 0.2) is 0 Å². The topological polar surface area (TPSA) is 40.5 Å². The number of hydrogen-bond donors (Lipinski definition) is 1. The fourth-order valence-corrected chi connectivity index (χ4v) is 1.61. The molecule has 1 aliphatic rings. The summed E-state index contributed by atoms with van der Waals surface area (Å²) in [4.78, 5) is 12.1. The number of nitrogens with zero attached hydrogens (tertiary/aromatic N) is 1. The first kappa shape index (κ1) is 9.45. The number of rotatable bonds is 3. The molecule has 1 rings (SSSR count). The van der Waals surface area contributed by atoms with E-state index in [0.29, 0.717) is 6.54 Å². The molecular weight excluding hydrogens is 161 g/mol. The summed E-state index contributed by atoms with van der Waals surface area (Å²) in [7, 11) is 0. The van der Waals surface area contributed by atoms with Gasteiger partial charge in [0.25, 0.3) is 0 Å². The maximum atomic E-state index is 12.2. The number of carbonyl (C=O) groups is 1. The van der Waals surface area contributed by atoms with Crippen molar-refractivity contribution in [1.82, 2.24) is 4.90 Å². The van der Waals surface area contributed by atoms with Gasteiger partial charge in [-0.3, -0.25) is 14.1 Å². The number of carboxylic acid groups (broad SMARTS) is 1. The van der Waals surface area contributed by atoms with Gasteiger partial charge >= 0.3 is 5.97 Å². The van der Waals surface area contributed by atoms with Crippen molar-refractivity contribution in [3.8, 4) is 0 Å². The highest BCUT2D eigenvalue weighted by atomic mass is 19.1. The van der Waals surface area contributed by atoms with Crippen molar-refractivity contribution in [3.05, 3.63) is 0 Å². The number of halogens is 1. The van der Waals surface area contributed by atoms with Gasteiger partial charge in [0, 0.05) is 12.5 Å². The van der Waals surface area contributed by atoms with Crippen LogP contribution in [0.2, 0.25) is 0 Å². The molecule has 3 nitrogen and oxygen atoms in total. The Balaban J connectivity index is 2.30. The smallest absolute Gasteiger partial charge is 0.317 e. The second-order valence-electron chi connectivity index (χ2n) is 3.29. The summed E-state index contributed by atoms with van der Waals surface area (Å²) < 4.78 is 12.2. The lowest BCUT2D eigenvalue weighted by atomic mass is 10.00. The fraction of sp³-hybridized carbons (Fsp3) is 0.875. The number of likely N-dealkylation sites (tertiary alicyclic amines) is 1. The fourth-order valence-electron chi connectivity index (χ4n) is 1.61. The first-order chi connectivity index (χ1) is 5.72. The Morgan fingerprint density at radius 3 is 3.00 bits per heavy atom. The molecule has 1 heterocycles. The second-order valence-corrected chi connectivity index (χ2v) is 3.29. The highest BCUT2D eigenvalue weighted by Crippen LogP contribution is 2.16. The van der Waals surface area contributed by atoms with Gasteiger partial charge in [-0.25, -0.2) is 0 Å². The van der Waals surface area contributed by atoms with Crippen molar-refractivity contribution in [1.29, 1.82) is 0 Å². The molecule has 1 atom stereocenters. The summed E-state index contributed by atoms with van der Waals surface area (Å²) in [5, 5.41) is 8.49. The van der Waals surface area contributed by atoms with Gasteiger partial charge in [-0.2, -0.15) is 0 Å². The van der Waals surface area contributed by atoms with Gasteiger partial charge in [0.05, 0.1) is 13.2 Å². The van der Waals surface area contributed by atoms with E-state index in [0.717, 1.165) is 19.4 Å². The van der Waals surface area contributed by atoms with Crippen LogP contribution in [0, 0.1) is 5.92 Å². The van der Waals surface area contributed by atoms with E-state index in [1.165, 1.54) is 0 Å². The van der Waals surface area contributed by atoms with E-state index in [-0.39, 0.29) is 19.1 Å². The van der Waals surface area contributed by atoms with E-state index >= 15 is 0 Å². The molecule has 70 valence electrons. The average molecular weight is 175 g/mol. The van der Waals surface area contributed by atoms with Crippen molar-refractivity contribution in [3.63, 3.8) is 0 Å². The van der Waals surface area contributed by atoms with Crippen LogP contribution < -0.4 is 0 Å². The Morgan fingerprint density at radius 1 is 1.67 bits per heavy atom. The van der Waals surface area contributed by atoms with Gasteiger partial charge in [-0.05, 0) is 19.4 Å². The van der Waals surface area contributed by atoms with E-state index in [4.69, 9.17) is 5.11 Å². The van der Waals surface area contributed by atoms with E-state index in [9.17, 15) is 9.18 Å². The summed E-state index contributed by atoms with van der Waals surface area (Å²) in [6, 6.07) is 0. The molecule has 1 unspecified atom stereocenters. The van der Waals surface area contributed by atoms with E-state index < -0.39 is 5.97 Å². The standard InChI is InChI=1S/C8H14FNO2/c9-4-7-2-1-3-10(5-7)6-8(11)12/h7H,1-6H2,(H,11,12). The third kappa shape index (κ3) is 2.77. The molecule has 0 spiro atoms. The minimum absolute atomic E-state index is 0.0521. The highest BCUT2D eigenvalue weighted by molar-refractivity contribution is 5.69. The Labute approximate surface area is 71.2 Å². The molecule has 1 fully saturated rings. The molecule has 0 amide bonds. The van der Waals surface area contributed by atoms with Crippen molar-refractivity contribution in [2.24, 2.45) is 5.92 Å². The van der Waals surface area contributed by atoms with Crippen LogP contribution in [0.4, 0.5) is 4.39 Å². The molecular formula is C8H14FNO2. The number of hydrogen-bond acceptors (Lipinski definition) is 2. The normalized spacial score (nSPS) is 25.6. The zero-order chi connectivity index (χ0) is 8.97. The Hall–Kier alpha value is -0.640. The quantitative estimate of drug-likeness (QED) is 0.688. The minimum atomic E-state index is -0.825. The van der Waals surface area contributed by atoms with Crippen LogP contribution in [0.3, 0.4) is 0 Å². The van der Waals surface area contributed by atoms with Crippen molar-refractivity contribution >= 4 is 5.97 Å². The molecule has 0 bridgehead atoms. The van der Waals surface area contributed by atoms with Crippen LogP contribution in [0.1, 0.15) is 12.8 Å². The minimum Gasteiger partial charge on any atom is -0.480 e. The molecule has 1 aliphatic heterocycles. The van der Waals surface area contributed by atoms with E-state index in [1.807, 2.05) is 0 Å². The molecule has 0 aromatic carbocycles. The Kier molecular flexibility index (Phi) is 3.47. The molecule has 1 saturated heterocycles. The van der Waals surface area contributed by atoms with Gasteiger partial charge in [-0.1, -0.05) is 0 Å².